The Hall–Kier alpha value is -8.73. The van der Waals surface area contributed by atoms with Gasteiger partial charge in [-0.2, -0.15) is 0 Å². The second-order valence-electron chi connectivity index (χ2n) is 19.0. The number of furan rings is 2. The number of hydrogen-bond donors (Lipinski definition) is 0. The Morgan fingerprint density at radius 2 is 1.22 bits per heavy atom. The number of aromatic nitrogens is 1. The average molecular weight is 883 g/mol. The highest BCUT2D eigenvalue weighted by molar-refractivity contribution is 6.22. The molecule has 1 atom stereocenters. The number of para-hydroxylation sites is 2. The Balaban J connectivity index is 1.09. The fourth-order valence-electron chi connectivity index (χ4n) is 11.7. The molecule has 1 unspecified atom stereocenters. The molecule has 3 aromatic heterocycles. The molecule has 15 rings (SSSR count). The van der Waals surface area contributed by atoms with Crippen molar-refractivity contribution in [2.24, 2.45) is 10.9 Å². The quantitative estimate of drug-likeness (QED) is 0.177. The zero-order chi connectivity index (χ0) is 45.3. The highest BCUT2D eigenvalue weighted by atomic mass is 16.3. The molecule has 2 aliphatic heterocycles. The van der Waals surface area contributed by atoms with E-state index in [0.29, 0.717) is 6.42 Å². The summed E-state index contributed by atoms with van der Waals surface area (Å²) < 4.78 is 16.2. The fraction of sp³-hybridized carbons (Fsp3) is 0.0615. The van der Waals surface area contributed by atoms with Crippen molar-refractivity contribution in [3.05, 3.63) is 234 Å². The van der Waals surface area contributed by atoms with Crippen molar-refractivity contribution in [1.29, 1.82) is 0 Å². The van der Waals surface area contributed by atoms with E-state index in [-0.39, 0.29) is 5.92 Å². The smallest absolute Gasteiger partial charge is 0.144 e. The molecule has 0 amide bonds. The molecule has 2 bridgehead atoms. The first-order valence-corrected chi connectivity index (χ1v) is 24.0. The molecule has 0 aliphatic carbocycles. The summed E-state index contributed by atoms with van der Waals surface area (Å²) in [6, 6.07) is 72.9. The third-order valence-corrected chi connectivity index (χ3v) is 15.0. The molecule has 10 aromatic carbocycles. The van der Waals surface area contributed by atoms with Gasteiger partial charge in [0, 0.05) is 67.4 Å². The van der Waals surface area contributed by atoms with Crippen LogP contribution in [0.3, 0.4) is 0 Å². The summed E-state index contributed by atoms with van der Waals surface area (Å²) in [5, 5.41) is 11.8. The lowest BCUT2D eigenvalue weighted by atomic mass is 9.83. The van der Waals surface area contributed by atoms with Crippen LogP contribution in [-0.4, -0.2) is 10.3 Å². The van der Waals surface area contributed by atoms with Gasteiger partial charge in [-0.15, -0.1) is 0 Å². The standard InChI is InChI=1S/C65H42N2O2/c1-38-25-28-47-53-36-55-61(68-60-30-27-41-15-7-8-20-46(41)62(55)60)37-58(53)67-56-32-39(26-29-48(56)52-34-43-16-5-6-17-44(43)35-57(52)67)31-54(47)64(45-19-11-18-42(33-45)40-13-3-2-4-14-40)66-63(38)51-23-12-22-50-49-21-9-10-24-59(49)69-65(50)51/h2-24,26-30,32-38H,25,31H2,1H3/b47-28+,64-54-,66-63+. The maximum absolute atomic E-state index is 6.93. The molecule has 0 spiro atoms. The van der Waals surface area contributed by atoms with Gasteiger partial charge < -0.3 is 13.4 Å². The van der Waals surface area contributed by atoms with Crippen molar-refractivity contribution in [3.8, 4) is 16.8 Å². The van der Waals surface area contributed by atoms with Gasteiger partial charge in [0.1, 0.15) is 22.3 Å². The molecule has 5 heterocycles. The molecular formula is C65H42N2O2. The first-order chi connectivity index (χ1) is 34.1. The number of aliphatic imine (C=N–C) groups is 1. The Morgan fingerprint density at radius 1 is 0.478 bits per heavy atom. The highest BCUT2D eigenvalue weighted by Gasteiger charge is 2.30. The zero-order valence-electron chi connectivity index (χ0n) is 37.8. The number of hydrogen-bond acceptors (Lipinski definition) is 3. The third kappa shape index (κ3) is 5.79. The normalized spacial score (nSPS) is 17.7. The van der Waals surface area contributed by atoms with Crippen LogP contribution in [0.2, 0.25) is 0 Å². The molecule has 0 saturated heterocycles. The molecule has 0 fully saturated rings. The van der Waals surface area contributed by atoms with Gasteiger partial charge in [-0.1, -0.05) is 159 Å². The van der Waals surface area contributed by atoms with E-state index in [1.54, 1.807) is 0 Å². The van der Waals surface area contributed by atoms with Crippen LogP contribution in [0.25, 0.3) is 115 Å². The Kier molecular flexibility index (Phi) is 8.14. The van der Waals surface area contributed by atoms with E-state index < -0.39 is 0 Å². The number of rotatable bonds is 3. The van der Waals surface area contributed by atoms with Gasteiger partial charge in [-0.3, -0.25) is 4.99 Å². The summed E-state index contributed by atoms with van der Waals surface area (Å²) in [4.78, 5) is 6.04. The number of benzene rings is 10. The molecule has 4 nitrogen and oxygen atoms in total. The minimum absolute atomic E-state index is 0.0372. The Bertz CT molecular complexity index is 4440. The molecule has 2 aliphatic rings. The second-order valence-corrected chi connectivity index (χ2v) is 19.0. The third-order valence-electron chi connectivity index (χ3n) is 15.0. The number of nitrogens with zero attached hydrogens (tertiary/aromatic N) is 2. The Morgan fingerprint density at radius 3 is 2.12 bits per heavy atom. The van der Waals surface area contributed by atoms with Crippen molar-refractivity contribution < 1.29 is 8.83 Å². The van der Waals surface area contributed by atoms with Gasteiger partial charge in [0.2, 0.25) is 0 Å². The van der Waals surface area contributed by atoms with Crippen molar-refractivity contribution in [2.75, 3.05) is 0 Å². The van der Waals surface area contributed by atoms with Crippen molar-refractivity contribution in [3.63, 3.8) is 0 Å². The monoisotopic (exact) mass is 882 g/mol. The van der Waals surface area contributed by atoms with E-state index in [9.17, 15) is 0 Å². The molecule has 0 radical (unpaired) electrons. The van der Waals surface area contributed by atoms with Gasteiger partial charge in [0.25, 0.3) is 0 Å². The van der Waals surface area contributed by atoms with E-state index in [2.05, 4.69) is 212 Å². The van der Waals surface area contributed by atoms with E-state index in [1.807, 2.05) is 6.07 Å². The first kappa shape index (κ1) is 38.4. The minimum Gasteiger partial charge on any atom is -0.456 e. The Labute approximate surface area is 397 Å². The van der Waals surface area contributed by atoms with Crippen molar-refractivity contribution in [2.45, 2.75) is 19.8 Å². The molecule has 0 saturated carbocycles. The van der Waals surface area contributed by atoms with Crippen LogP contribution in [0.15, 0.2) is 226 Å². The fourth-order valence-corrected chi connectivity index (χ4v) is 11.7. The zero-order valence-corrected chi connectivity index (χ0v) is 37.8. The first-order valence-electron chi connectivity index (χ1n) is 24.0. The summed E-state index contributed by atoms with van der Waals surface area (Å²) >= 11 is 0. The minimum atomic E-state index is 0.0372. The van der Waals surface area contributed by atoms with Crippen LogP contribution in [0.4, 0.5) is 0 Å². The van der Waals surface area contributed by atoms with Crippen LogP contribution in [-0.2, 0) is 6.42 Å². The second kappa shape index (κ2) is 14.6. The number of fused-ring (bicyclic) bond motifs is 17. The van der Waals surface area contributed by atoms with E-state index >= 15 is 0 Å². The van der Waals surface area contributed by atoms with Gasteiger partial charge in [-0.25, -0.2) is 0 Å². The van der Waals surface area contributed by atoms with Crippen LogP contribution < -0.4 is 0 Å². The molecule has 4 heteroatoms. The van der Waals surface area contributed by atoms with Crippen molar-refractivity contribution >= 4 is 104 Å². The van der Waals surface area contributed by atoms with Gasteiger partial charge in [-0.05, 0) is 104 Å². The maximum Gasteiger partial charge on any atom is 0.144 e. The number of allylic oxidation sites excluding steroid dienone is 3. The maximum atomic E-state index is 6.93. The summed E-state index contributed by atoms with van der Waals surface area (Å²) in [6.45, 7) is 2.33. The van der Waals surface area contributed by atoms with E-state index in [1.165, 1.54) is 65.6 Å². The average Bonchev–Trinajstić information content (AvgIpc) is 4.07. The lowest BCUT2D eigenvalue weighted by molar-refractivity contribution is 0.666. The van der Waals surface area contributed by atoms with Crippen LogP contribution in [0, 0.1) is 5.92 Å². The van der Waals surface area contributed by atoms with Gasteiger partial charge in [0.15, 0.2) is 0 Å². The molecular weight excluding hydrogens is 841 g/mol. The van der Waals surface area contributed by atoms with Gasteiger partial charge in [0.05, 0.1) is 28.1 Å². The van der Waals surface area contributed by atoms with Crippen LogP contribution in [0.1, 0.15) is 35.6 Å². The SMILES string of the molecule is CC1C/C=C2/C(=C(c3cccc(-c4ccccc4)c3)\N=C/1c1cccc3c1oc1ccccc13)Cc1ccc3c4cc5ccccc5cc4n(c3c1)-c1cc3oc4ccc5ccccc5c4c3cc12. The molecule has 13 aromatic rings. The topological polar surface area (TPSA) is 43.6 Å². The van der Waals surface area contributed by atoms with Crippen molar-refractivity contribution in [1.82, 2.24) is 4.57 Å². The largest absolute Gasteiger partial charge is 0.456 e. The van der Waals surface area contributed by atoms with Crippen LogP contribution in [0.5, 0.6) is 0 Å². The summed E-state index contributed by atoms with van der Waals surface area (Å²) in [5.74, 6) is 0.0372. The lowest BCUT2D eigenvalue weighted by Crippen LogP contribution is -2.16. The van der Waals surface area contributed by atoms with E-state index in [4.69, 9.17) is 13.8 Å². The lowest BCUT2D eigenvalue weighted by Gasteiger charge is -2.25. The summed E-state index contributed by atoms with van der Waals surface area (Å²) in [5.41, 5.74) is 18.1. The van der Waals surface area contributed by atoms with Crippen LogP contribution >= 0.6 is 0 Å². The summed E-state index contributed by atoms with van der Waals surface area (Å²) in [7, 11) is 0. The summed E-state index contributed by atoms with van der Waals surface area (Å²) in [6.07, 6.45) is 3.96. The molecule has 69 heavy (non-hydrogen) atoms. The molecule has 324 valence electrons. The van der Waals surface area contributed by atoms with Gasteiger partial charge >= 0.3 is 0 Å². The molecule has 0 N–H and O–H groups in total. The predicted octanol–water partition coefficient (Wildman–Crippen LogP) is 17.4. The van der Waals surface area contributed by atoms with E-state index in [0.717, 1.165) is 89.6 Å². The predicted molar refractivity (Wildman–Crippen MR) is 288 cm³/mol. The highest BCUT2D eigenvalue weighted by Crippen LogP contribution is 2.47.